The van der Waals surface area contributed by atoms with Crippen LogP contribution in [0.4, 0.5) is 5.69 Å². The highest BCUT2D eigenvalue weighted by molar-refractivity contribution is 5.68. The minimum absolute atomic E-state index is 0.0702. The van der Waals surface area contributed by atoms with E-state index in [1.165, 1.54) is 18.5 Å². The van der Waals surface area contributed by atoms with Gasteiger partial charge in [0.15, 0.2) is 0 Å². The van der Waals surface area contributed by atoms with Gasteiger partial charge >= 0.3 is 0 Å². The van der Waals surface area contributed by atoms with E-state index in [0.717, 1.165) is 41.5 Å². The third-order valence-corrected chi connectivity index (χ3v) is 5.49. The van der Waals surface area contributed by atoms with E-state index in [1.54, 1.807) is 0 Å². The molecular weight excluding hydrogens is 378 g/mol. The molecule has 2 aromatic rings. The SMILES string of the molecule is CC(C)(C)COc1ccc2c(c1)C(COC(=N)N)c1cc(N3CCCC3)ccc1O2. The molecule has 6 heteroatoms. The quantitative estimate of drug-likeness (QED) is 0.544. The van der Waals surface area contributed by atoms with Crippen LogP contribution in [0.5, 0.6) is 17.2 Å². The molecule has 2 aliphatic heterocycles. The van der Waals surface area contributed by atoms with Gasteiger partial charge in [-0.05, 0) is 54.7 Å². The molecule has 1 unspecified atom stereocenters. The summed E-state index contributed by atoms with van der Waals surface area (Å²) in [5, 5.41) is 7.53. The Balaban J connectivity index is 1.68. The standard InChI is InChI=1S/C24H31N3O3/c1-24(2,3)15-29-17-7-9-22-19(13-17)20(14-28-23(25)26)18-12-16(6-8-21(18)30-22)27-10-4-5-11-27/h6-9,12-13,20H,4-5,10-11,14-15H2,1-3H3,(H3,25,26). The number of amidine groups is 1. The molecule has 2 aliphatic rings. The van der Waals surface area contributed by atoms with Crippen LogP contribution in [0.25, 0.3) is 0 Å². The molecule has 0 saturated carbocycles. The summed E-state index contributed by atoms with van der Waals surface area (Å²) in [5.74, 6) is 2.33. The van der Waals surface area contributed by atoms with Crippen molar-refractivity contribution < 1.29 is 14.2 Å². The zero-order valence-corrected chi connectivity index (χ0v) is 18.0. The molecule has 160 valence electrons. The van der Waals surface area contributed by atoms with Crippen molar-refractivity contribution in [3.05, 3.63) is 47.5 Å². The molecule has 1 saturated heterocycles. The van der Waals surface area contributed by atoms with Gasteiger partial charge in [-0.1, -0.05) is 20.8 Å². The van der Waals surface area contributed by atoms with Gasteiger partial charge in [0.05, 0.1) is 12.5 Å². The van der Waals surface area contributed by atoms with Crippen LogP contribution in [0.1, 0.15) is 50.7 Å². The van der Waals surface area contributed by atoms with Crippen molar-refractivity contribution in [2.45, 2.75) is 39.5 Å². The molecular formula is C24H31N3O3. The highest BCUT2D eigenvalue weighted by Gasteiger charge is 2.30. The highest BCUT2D eigenvalue weighted by atomic mass is 16.5. The van der Waals surface area contributed by atoms with Crippen molar-refractivity contribution in [2.24, 2.45) is 11.1 Å². The number of nitrogens with one attached hydrogen (secondary N) is 1. The van der Waals surface area contributed by atoms with E-state index in [1.807, 2.05) is 24.3 Å². The fraction of sp³-hybridized carbons (Fsp3) is 0.458. The van der Waals surface area contributed by atoms with Crippen molar-refractivity contribution in [2.75, 3.05) is 31.2 Å². The van der Waals surface area contributed by atoms with Gasteiger partial charge in [0.25, 0.3) is 6.02 Å². The van der Waals surface area contributed by atoms with Crippen LogP contribution in [0.3, 0.4) is 0 Å². The van der Waals surface area contributed by atoms with E-state index < -0.39 is 0 Å². The minimum Gasteiger partial charge on any atom is -0.493 e. The normalized spacial score (nSPS) is 17.7. The number of nitrogens with two attached hydrogens (primary N) is 1. The Hall–Kier alpha value is -2.89. The number of benzene rings is 2. The summed E-state index contributed by atoms with van der Waals surface area (Å²) in [6.45, 7) is 9.50. The lowest BCUT2D eigenvalue weighted by Crippen LogP contribution is -2.23. The first-order chi connectivity index (χ1) is 14.3. The molecule has 0 aliphatic carbocycles. The zero-order valence-electron chi connectivity index (χ0n) is 18.0. The lowest BCUT2D eigenvalue weighted by Gasteiger charge is -2.30. The molecule has 1 fully saturated rings. The van der Waals surface area contributed by atoms with Crippen LogP contribution in [0.2, 0.25) is 0 Å². The predicted molar refractivity (Wildman–Crippen MR) is 119 cm³/mol. The highest BCUT2D eigenvalue weighted by Crippen LogP contribution is 2.47. The van der Waals surface area contributed by atoms with Crippen LogP contribution >= 0.6 is 0 Å². The molecule has 30 heavy (non-hydrogen) atoms. The summed E-state index contributed by atoms with van der Waals surface area (Å²) in [7, 11) is 0. The Morgan fingerprint density at radius 2 is 1.77 bits per heavy atom. The van der Waals surface area contributed by atoms with Crippen molar-refractivity contribution in [3.8, 4) is 17.2 Å². The van der Waals surface area contributed by atoms with Crippen molar-refractivity contribution in [3.63, 3.8) is 0 Å². The van der Waals surface area contributed by atoms with E-state index in [2.05, 4.69) is 37.8 Å². The Bertz CT molecular complexity index is 930. The van der Waals surface area contributed by atoms with Gasteiger partial charge in [0.2, 0.25) is 0 Å². The fourth-order valence-corrected chi connectivity index (χ4v) is 3.99. The maximum absolute atomic E-state index is 7.53. The summed E-state index contributed by atoms with van der Waals surface area (Å²) in [6.07, 6.45) is 2.45. The first kappa shape index (κ1) is 20.4. The lowest BCUT2D eigenvalue weighted by molar-refractivity contribution is 0.197. The van der Waals surface area contributed by atoms with E-state index in [4.69, 9.17) is 25.4 Å². The first-order valence-electron chi connectivity index (χ1n) is 10.6. The smallest absolute Gasteiger partial charge is 0.279 e. The average molecular weight is 410 g/mol. The first-order valence-corrected chi connectivity index (χ1v) is 10.6. The van der Waals surface area contributed by atoms with Crippen molar-refractivity contribution in [1.29, 1.82) is 5.41 Å². The van der Waals surface area contributed by atoms with E-state index in [9.17, 15) is 0 Å². The lowest BCUT2D eigenvalue weighted by atomic mass is 9.88. The summed E-state index contributed by atoms with van der Waals surface area (Å²) < 4.78 is 17.7. The summed E-state index contributed by atoms with van der Waals surface area (Å²) >= 11 is 0. The molecule has 1 atom stereocenters. The third-order valence-electron chi connectivity index (χ3n) is 5.49. The second-order valence-corrected chi connectivity index (χ2v) is 9.30. The van der Waals surface area contributed by atoms with Crippen LogP contribution in [0.15, 0.2) is 36.4 Å². The summed E-state index contributed by atoms with van der Waals surface area (Å²) in [6, 6.07) is 12.0. The molecule has 6 nitrogen and oxygen atoms in total. The van der Waals surface area contributed by atoms with Crippen LogP contribution in [-0.2, 0) is 4.74 Å². The van der Waals surface area contributed by atoms with Crippen LogP contribution in [-0.4, -0.2) is 32.3 Å². The molecule has 0 bridgehead atoms. The zero-order chi connectivity index (χ0) is 21.3. The van der Waals surface area contributed by atoms with Crippen molar-refractivity contribution in [1.82, 2.24) is 0 Å². The Morgan fingerprint density at radius 1 is 1.10 bits per heavy atom. The third kappa shape index (κ3) is 4.48. The van der Waals surface area contributed by atoms with Crippen LogP contribution < -0.4 is 20.1 Å². The molecule has 0 aromatic heterocycles. The monoisotopic (exact) mass is 409 g/mol. The van der Waals surface area contributed by atoms with Gasteiger partial charge in [-0.3, -0.25) is 5.41 Å². The molecule has 2 aromatic carbocycles. The largest absolute Gasteiger partial charge is 0.493 e. The Kier molecular flexibility index (Phi) is 5.50. The van der Waals surface area contributed by atoms with E-state index in [-0.39, 0.29) is 24.0 Å². The number of fused-ring (bicyclic) bond motifs is 2. The summed E-state index contributed by atoms with van der Waals surface area (Å²) in [4.78, 5) is 2.40. The number of anilines is 1. The summed E-state index contributed by atoms with van der Waals surface area (Å²) in [5.41, 5.74) is 8.82. The number of hydrogen-bond donors (Lipinski definition) is 2. The number of ether oxygens (including phenoxy) is 3. The van der Waals surface area contributed by atoms with Gasteiger partial charge in [-0.15, -0.1) is 0 Å². The molecule has 0 amide bonds. The maximum atomic E-state index is 7.53. The van der Waals surface area contributed by atoms with E-state index in [0.29, 0.717) is 6.61 Å². The van der Waals surface area contributed by atoms with Gasteiger partial charge in [0.1, 0.15) is 23.9 Å². The molecule has 3 N–H and O–H groups in total. The number of nitrogens with zero attached hydrogens (tertiary/aromatic N) is 1. The Labute approximate surface area is 178 Å². The van der Waals surface area contributed by atoms with Gasteiger partial charge in [0, 0.05) is 29.9 Å². The average Bonchev–Trinajstić information content (AvgIpc) is 3.23. The number of rotatable bonds is 5. The second kappa shape index (κ2) is 8.09. The Morgan fingerprint density at radius 3 is 2.43 bits per heavy atom. The molecule has 4 rings (SSSR count). The fourth-order valence-electron chi connectivity index (χ4n) is 3.99. The minimum atomic E-state index is -0.277. The topological polar surface area (TPSA) is 80.8 Å². The van der Waals surface area contributed by atoms with Gasteiger partial charge in [-0.25, -0.2) is 0 Å². The predicted octanol–water partition coefficient (Wildman–Crippen LogP) is 4.86. The van der Waals surface area contributed by atoms with Gasteiger partial charge in [-0.2, -0.15) is 0 Å². The molecule has 0 spiro atoms. The second-order valence-electron chi connectivity index (χ2n) is 9.30. The van der Waals surface area contributed by atoms with Gasteiger partial charge < -0.3 is 24.8 Å². The number of hydrogen-bond acceptors (Lipinski definition) is 5. The maximum Gasteiger partial charge on any atom is 0.279 e. The van der Waals surface area contributed by atoms with Crippen molar-refractivity contribution >= 4 is 11.7 Å². The molecule has 0 radical (unpaired) electrons. The van der Waals surface area contributed by atoms with E-state index >= 15 is 0 Å². The van der Waals surface area contributed by atoms with Crippen LogP contribution in [0, 0.1) is 10.8 Å². The molecule has 2 heterocycles.